The number of hydrogen-bond donors (Lipinski definition) is 2. The van der Waals surface area contributed by atoms with E-state index >= 15 is 0 Å². The number of hydrogen-bond acceptors (Lipinski definition) is 4. The summed E-state index contributed by atoms with van der Waals surface area (Å²) in [5.41, 5.74) is 5.47. The highest BCUT2D eigenvalue weighted by atomic mass is 16.5. The normalized spacial score (nSPS) is 9.70. The lowest BCUT2D eigenvalue weighted by molar-refractivity contribution is -0.605. The molecular weight excluding hydrogens is 134 g/mol. The van der Waals surface area contributed by atoms with E-state index in [0.717, 1.165) is 12.4 Å². The Labute approximate surface area is 57.3 Å². The zero-order valence-corrected chi connectivity index (χ0v) is 5.19. The largest absolute Gasteiger partial charge is 0.619 e. The number of aliphatic hydroxyl groups is 1. The van der Waals surface area contributed by atoms with Crippen molar-refractivity contribution >= 4 is 5.82 Å². The van der Waals surface area contributed by atoms with Gasteiger partial charge in [-0.05, 0) is 0 Å². The van der Waals surface area contributed by atoms with E-state index in [-0.39, 0.29) is 18.1 Å². The van der Waals surface area contributed by atoms with Crippen molar-refractivity contribution in [3.63, 3.8) is 0 Å². The zero-order valence-electron chi connectivity index (χ0n) is 5.19. The first-order valence-electron chi connectivity index (χ1n) is 2.68. The quantitative estimate of drug-likeness (QED) is 0.379. The Hall–Kier alpha value is -1.36. The van der Waals surface area contributed by atoms with E-state index in [0.29, 0.717) is 4.73 Å². The second-order valence-corrected chi connectivity index (χ2v) is 1.80. The highest BCUT2D eigenvalue weighted by Crippen LogP contribution is 1.93. The molecule has 1 heterocycles. The first kappa shape index (κ1) is 6.76. The average molecular weight is 141 g/mol. The van der Waals surface area contributed by atoms with Crippen LogP contribution in [0.1, 0.15) is 5.69 Å². The number of aromatic nitrogens is 2. The van der Waals surface area contributed by atoms with Crippen molar-refractivity contribution < 1.29 is 9.84 Å². The van der Waals surface area contributed by atoms with Crippen LogP contribution in [0.4, 0.5) is 5.82 Å². The van der Waals surface area contributed by atoms with Gasteiger partial charge < -0.3 is 16.0 Å². The Morgan fingerprint density at radius 3 is 2.90 bits per heavy atom. The van der Waals surface area contributed by atoms with Crippen LogP contribution in [0.2, 0.25) is 0 Å². The van der Waals surface area contributed by atoms with Crippen LogP contribution in [-0.4, -0.2) is 10.1 Å². The summed E-state index contributed by atoms with van der Waals surface area (Å²) < 4.78 is 0.508. The second kappa shape index (κ2) is 2.49. The van der Waals surface area contributed by atoms with E-state index in [1.54, 1.807) is 0 Å². The Kier molecular flexibility index (Phi) is 1.68. The molecule has 0 saturated carbocycles. The molecule has 0 amide bonds. The molecule has 0 aliphatic rings. The van der Waals surface area contributed by atoms with Gasteiger partial charge >= 0.3 is 0 Å². The molecule has 10 heavy (non-hydrogen) atoms. The molecule has 0 bridgehead atoms. The third-order valence-electron chi connectivity index (χ3n) is 0.970. The molecule has 3 N–H and O–H groups in total. The molecule has 0 fully saturated rings. The molecule has 0 saturated heterocycles. The molecule has 5 heteroatoms. The minimum Gasteiger partial charge on any atom is -0.619 e. The van der Waals surface area contributed by atoms with Crippen LogP contribution >= 0.6 is 0 Å². The van der Waals surface area contributed by atoms with E-state index in [1.165, 1.54) is 0 Å². The summed E-state index contributed by atoms with van der Waals surface area (Å²) in [6.45, 7) is -0.271. The molecule has 1 aromatic heterocycles. The van der Waals surface area contributed by atoms with Gasteiger partial charge in [-0.2, -0.15) is 4.73 Å². The maximum atomic E-state index is 10.6. The van der Waals surface area contributed by atoms with E-state index in [4.69, 9.17) is 10.8 Å². The van der Waals surface area contributed by atoms with Crippen molar-refractivity contribution in [2.24, 2.45) is 0 Å². The Morgan fingerprint density at radius 1 is 1.70 bits per heavy atom. The molecule has 0 spiro atoms. The molecule has 0 radical (unpaired) electrons. The van der Waals surface area contributed by atoms with Gasteiger partial charge in [-0.1, -0.05) is 0 Å². The van der Waals surface area contributed by atoms with Crippen molar-refractivity contribution in [1.82, 2.24) is 4.98 Å². The van der Waals surface area contributed by atoms with E-state index in [2.05, 4.69) is 4.98 Å². The van der Waals surface area contributed by atoms with Crippen LogP contribution in [0.3, 0.4) is 0 Å². The number of nitrogens with zero attached hydrogens (tertiary/aromatic N) is 2. The summed E-state index contributed by atoms with van der Waals surface area (Å²) in [7, 11) is 0. The molecule has 0 aliphatic carbocycles. The van der Waals surface area contributed by atoms with Gasteiger partial charge in [0.05, 0.1) is 6.61 Å². The molecule has 0 atom stereocenters. The smallest absolute Gasteiger partial charge is 0.222 e. The number of aliphatic hydroxyl groups excluding tert-OH is 1. The molecule has 54 valence electrons. The van der Waals surface area contributed by atoms with Gasteiger partial charge in [0.15, 0.2) is 5.82 Å². The first-order chi connectivity index (χ1) is 4.72. The highest BCUT2D eigenvalue weighted by Gasteiger charge is 1.99. The minimum absolute atomic E-state index is 0.113. The lowest BCUT2D eigenvalue weighted by Gasteiger charge is -1.97. The fourth-order valence-electron chi connectivity index (χ4n) is 0.614. The molecule has 1 rings (SSSR count). The predicted octanol–water partition coefficient (Wildman–Crippen LogP) is -1.21. The number of nitrogens with two attached hydrogens (primary N) is 1. The second-order valence-electron chi connectivity index (χ2n) is 1.80. The van der Waals surface area contributed by atoms with Crippen molar-refractivity contribution in [3.05, 3.63) is 23.3 Å². The SMILES string of the molecule is Nc1c[n+]([O-])cc(CO)n1. The maximum absolute atomic E-state index is 10.6. The van der Waals surface area contributed by atoms with Crippen LogP contribution in [-0.2, 0) is 6.61 Å². The summed E-state index contributed by atoms with van der Waals surface area (Å²) in [6.07, 6.45) is 2.29. The molecule has 0 unspecified atom stereocenters. The third kappa shape index (κ3) is 1.32. The summed E-state index contributed by atoms with van der Waals surface area (Å²) in [5, 5.41) is 19.1. The highest BCUT2D eigenvalue weighted by molar-refractivity contribution is 5.20. The van der Waals surface area contributed by atoms with Crippen LogP contribution < -0.4 is 10.5 Å². The van der Waals surface area contributed by atoms with Gasteiger partial charge in [-0.25, -0.2) is 4.98 Å². The summed E-state index contributed by atoms with van der Waals surface area (Å²) >= 11 is 0. The van der Waals surface area contributed by atoms with Crippen LogP contribution in [0.5, 0.6) is 0 Å². The monoisotopic (exact) mass is 141 g/mol. The van der Waals surface area contributed by atoms with Gasteiger partial charge in [0.2, 0.25) is 12.4 Å². The average Bonchev–Trinajstić information content (AvgIpc) is 1.85. The predicted molar refractivity (Wildman–Crippen MR) is 33.5 cm³/mol. The lowest BCUT2D eigenvalue weighted by atomic mass is 10.5. The number of rotatable bonds is 1. The molecule has 0 aromatic carbocycles. The Bertz CT molecular complexity index is 218. The summed E-state index contributed by atoms with van der Waals surface area (Å²) in [4.78, 5) is 3.66. The molecule has 5 nitrogen and oxygen atoms in total. The van der Waals surface area contributed by atoms with Crippen LogP contribution in [0.15, 0.2) is 12.4 Å². The van der Waals surface area contributed by atoms with E-state index < -0.39 is 0 Å². The lowest BCUT2D eigenvalue weighted by Crippen LogP contribution is -2.27. The van der Waals surface area contributed by atoms with E-state index in [1.807, 2.05) is 0 Å². The van der Waals surface area contributed by atoms with Crippen molar-refractivity contribution in [3.8, 4) is 0 Å². The Balaban J connectivity index is 3.06. The van der Waals surface area contributed by atoms with Crippen molar-refractivity contribution in [2.45, 2.75) is 6.61 Å². The van der Waals surface area contributed by atoms with Gasteiger partial charge in [0.25, 0.3) is 0 Å². The van der Waals surface area contributed by atoms with Crippen molar-refractivity contribution in [1.29, 1.82) is 0 Å². The fraction of sp³-hybridized carbons (Fsp3) is 0.200. The van der Waals surface area contributed by atoms with Crippen LogP contribution in [0.25, 0.3) is 0 Å². The fourth-order valence-corrected chi connectivity index (χ4v) is 0.614. The summed E-state index contributed by atoms with van der Waals surface area (Å²) in [5.74, 6) is 0.113. The molecule has 1 aromatic rings. The molecule has 0 aliphatic heterocycles. The number of anilines is 1. The van der Waals surface area contributed by atoms with E-state index in [9.17, 15) is 5.21 Å². The zero-order chi connectivity index (χ0) is 7.56. The topological polar surface area (TPSA) is 86.1 Å². The standard InChI is InChI=1S/C5H7N3O2/c6-5-2-8(10)1-4(3-9)7-5/h1-2,9H,3H2,(H2,6,7). The van der Waals surface area contributed by atoms with Crippen LogP contribution in [0, 0.1) is 5.21 Å². The van der Waals surface area contributed by atoms with Gasteiger partial charge in [-0.15, -0.1) is 0 Å². The van der Waals surface area contributed by atoms with Gasteiger partial charge in [0.1, 0.15) is 5.69 Å². The summed E-state index contributed by atoms with van der Waals surface area (Å²) in [6, 6.07) is 0. The van der Waals surface area contributed by atoms with Crippen molar-refractivity contribution in [2.75, 3.05) is 5.73 Å². The minimum atomic E-state index is -0.271. The third-order valence-corrected chi connectivity index (χ3v) is 0.970. The maximum Gasteiger partial charge on any atom is 0.222 e. The number of nitrogen functional groups attached to an aromatic ring is 1. The van der Waals surface area contributed by atoms with Gasteiger partial charge in [0, 0.05) is 0 Å². The molecular formula is C5H7N3O2. The Morgan fingerprint density at radius 2 is 2.40 bits per heavy atom. The van der Waals surface area contributed by atoms with Gasteiger partial charge in [-0.3, -0.25) is 0 Å². The first-order valence-corrected chi connectivity index (χ1v) is 2.68.